The second-order valence-corrected chi connectivity index (χ2v) is 5.21. The fourth-order valence-electron chi connectivity index (χ4n) is 2.92. The predicted molar refractivity (Wildman–Crippen MR) is 64.3 cm³/mol. The van der Waals surface area contributed by atoms with Crippen molar-refractivity contribution in [3.8, 4) is 0 Å². The van der Waals surface area contributed by atoms with Crippen molar-refractivity contribution in [2.75, 3.05) is 26.4 Å². The summed E-state index contributed by atoms with van der Waals surface area (Å²) in [4.78, 5) is 0. The summed E-state index contributed by atoms with van der Waals surface area (Å²) in [7, 11) is 0. The van der Waals surface area contributed by atoms with Crippen molar-refractivity contribution in [3.05, 3.63) is 0 Å². The molecular formula is C13H25NO2. The van der Waals surface area contributed by atoms with Crippen molar-refractivity contribution in [1.82, 2.24) is 0 Å². The molecule has 3 unspecified atom stereocenters. The van der Waals surface area contributed by atoms with E-state index in [1.165, 1.54) is 32.1 Å². The van der Waals surface area contributed by atoms with E-state index in [0.717, 1.165) is 32.8 Å². The highest BCUT2D eigenvalue weighted by Crippen LogP contribution is 2.30. The van der Waals surface area contributed by atoms with E-state index in [0.29, 0.717) is 17.9 Å². The Bertz CT molecular complexity index is 192. The molecule has 94 valence electrons. The van der Waals surface area contributed by atoms with E-state index in [9.17, 15) is 0 Å². The van der Waals surface area contributed by atoms with Crippen LogP contribution in [0.3, 0.4) is 0 Å². The lowest BCUT2D eigenvalue weighted by atomic mass is 9.80. The fourth-order valence-corrected chi connectivity index (χ4v) is 2.92. The molecule has 1 aliphatic carbocycles. The molecule has 2 aliphatic rings. The largest absolute Gasteiger partial charge is 0.379 e. The van der Waals surface area contributed by atoms with Crippen LogP contribution in [0.25, 0.3) is 0 Å². The minimum absolute atomic E-state index is 0.342. The lowest BCUT2D eigenvalue weighted by Crippen LogP contribution is -2.33. The molecular weight excluding hydrogens is 202 g/mol. The van der Waals surface area contributed by atoms with E-state index in [1.54, 1.807) is 0 Å². The Labute approximate surface area is 98.7 Å². The van der Waals surface area contributed by atoms with E-state index in [4.69, 9.17) is 15.2 Å². The van der Waals surface area contributed by atoms with Crippen LogP contribution >= 0.6 is 0 Å². The van der Waals surface area contributed by atoms with Gasteiger partial charge >= 0.3 is 0 Å². The fraction of sp³-hybridized carbons (Fsp3) is 1.00. The van der Waals surface area contributed by atoms with Crippen LogP contribution in [-0.4, -0.2) is 32.5 Å². The van der Waals surface area contributed by atoms with Gasteiger partial charge in [0, 0.05) is 6.61 Å². The lowest BCUT2D eigenvalue weighted by Gasteiger charge is -2.32. The first-order chi connectivity index (χ1) is 7.90. The van der Waals surface area contributed by atoms with Gasteiger partial charge in [0.25, 0.3) is 0 Å². The average molecular weight is 227 g/mol. The van der Waals surface area contributed by atoms with Crippen LogP contribution in [-0.2, 0) is 9.47 Å². The van der Waals surface area contributed by atoms with Crippen LogP contribution < -0.4 is 5.73 Å². The van der Waals surface area contributed by atoms with Crippen molar-refractivity contribution < 1.29 is 9.47 Å². The second-order valence-electron chi connectivity index (χ2n) is 5.21. The molecule has 3 heteroatoms. The molecule has 1 aliphatic heterocycles. The van der Waals surface area contributed by atoms with Gasteiger partial charge in [0.2, 0.25) is 0 Å². The first-order valence-corrected chi connectivity index (χ1v) is 6.79. The van der Waals surface area contributed by atoms with Gasteiger partial charge in [-0.1, -0.05) is 12.8 Å². The molecule has 1 saturated carbocycles. The third-order valence-corrected chi connectivity index (χ3v) is 4.03. The molecule has 3 nitrogen and oxygen atoms in total. The number of nitrogens with two attached hydrogens (primary N) is 1. The highest BCUT2D eigenvalue weighted by atomic mass is 16.5. The van der Waals surface area contributed by atoms with Crippen LogP contribution in [0.5, 0.6) is 0 Å². The molecule has 0 aromatic carbocycles. The van der Waals surface area contributed by atoms with Gasteiger partial charge in [0.1, 0.15) is 0 Å². The molecule has 1 heterocycles. The molecule has 0 aromatic heterocycles. The molecule has 0 spiro atoms. The summed E-state index contributed by atoms with van der Waals surface area (Å²) < 4.78 is 11.4. The lowest BCUT2D eigenvalue weighted by molar-refractivity contribution is -0.0681. The van der Waals surface area contributed by atoms with Gasteiger partial charge in [-0.25, -0.2) is 0 Å². The van der Waals surface area contributed by atoms with Crippen molar-refractivity contribution in [3.63, 3.8) is 0 Å². The third-order valence-electron chi connectivity index (χ3n) is 4.03. The minimum Gasteiger partial charge on any atom is -0.379 e. The Balaban J connectivity index is 1.70. The molecule has 2 rings (SSSR count). The first kappa shape index (κ1) is 12.3. The number of hydrogen-bond donors (Lipinski definition) is 1. The first-order valence-electron chi connectivity index (χ1n) is 6.79. The molecule has 1 saturated heterocycles. The Morgan fingerprint density at radius 1 is 1.06 bits per heavy atom. The van der Waals surface area contributed by atoms with E-state index in [-0.39, 0.29) is 0 Å². The van der Waals surface area contributed by atoms with Crippen LogP contribution in [0, 0.1) is 11.8 Å². The maximum absolute atomic E-state index is 5.97. The number of rotatable bonds is 4. The van der Waals surface area contributed by atoms with Crippen LogP contribution in [0.4, 0.5) is 0 Å². The van der Waals surface area contributed by atoms with Crippen LogP contribution in [0.1, 0.15) is 38.5 Å². The zero-order chi connectivity index (χ0) is 11.2. The predicted octanol–water partition coefficient (Wildman–Crippen LogP) is 1.95. The summed E-state index contributed by atoms with van der Waals surface area (Å²) >= 11 is 0. The zero-order valence-corrected chi connectivity index (χ0v) is 10.2. The van der Waals surface area contributed by atoms with Gasteiger partial charge in [0.05, 0.1) is 19.3 Å². The Hall–Kier alpha value is -0.120. The minimum atomic E-state index is 0.342. The molecule has 0 radical (unpaired) electrons. The molecule has 0 bridgehead atoms. The van der Waals surface area contributed by atoms with Gasteiger partial charge in [0.15, 0.2) is 0 Å². The standard InChI is InChI=1S/C13H25NO2/c14-8-11-4-1-2-5-12(11)9-16-13-6-3-7-15-10-13/h11-13H,1-10,14H2. The van der Waals surface area contributed by atoms with Crippen molar-refractivity contribution in [2.24, 2.45) is 17.6 Å². The van der Waals surface area contributed by atoms with Gasteiger partial charge in [-0.2, -0.15) is 0 Å². The monoisotopic (exact) mass is 227 g/mol. The SMILES string of the molecule is NCC1CCCCC1COC1CCCOC1. The normalized spacial score (nSPS) is 36.2. The second kappa shape index (κ2) is 6.58. The summed E-state index contributed by atoms with van der Waals surface area (Å²) in [5.41, 5.74) is 5.82. The molecule has 16 heavy (non-hydrogen) atoms. The van der Waals surface area contributed by atoms with E-state index >= 15 is 0 Å². The quantitative estimate of drug-likeness (QED) is 0.798. The molecule has 2 fully saturated rings. The van der Waals surface area contributed by atoms with Gasteiger partial charge < -0.3 is 15.2 Å². The number of hydrogen-bond acceptors (Lipinski definition) is 3. The summed E-state index contributed by atoms with van der Waals surface area (Å²) in [6.07, 6.45) is 7.96. The van der Waals surface area contributed by atoms with Gasteiger partial charge in [-0.05, 0) is 44.1 Å². The Morgan fingerprint density at radius 3 is 2.56 bits per heavy atom. The van der Waals surface area contributed by atoms with Crippen molar-refractivity contribution in [2.45, 2.75) is 44.6 Å². The van der Waals surface area contributed by atoms with Crippen molar-refractivity contribution >= 4 is 0 Å². The van der Waals surface area contributed by atoms with Gasteiger partial charge in [-0.3, -0.25) is 0 Å². The maximum atomic E-state index is 5.97. The third kappa shape index (κ3) is 3.44. The van der Waals surface area contributed by atoms with Crippen LogP contribution in [0.2, 0.25) is 0 Å². The summed E-state index contributed by atoms with van der Waals surface area (Å²) in [5.74, 6) is 1.39. The van der Waals surface area contributed by atoms with E-state index in [1.807, 2.05) is 0 Å². The average Bonchev–Trinajstić information content (AvgIpc) is 2.38. The highest BCUT2D eigenvalue weighted by molar-refractivity contribution is 4.76. The smallest absolute Gasteiger partial charge is 0.0809 e. The zero-order valence-electron chi connectivity index (χ0n) is 10.2. The molecule has 0 aromatic rings. The van der Waals surface area contributed by atoms with E-state index < -0.39 is 0 Å². The Morgan fingerprint density at radius 2 is 1.88 bits per heavy atom. The van der Waals surface area contributed by atoms with E-state index in [2.05, 4.69) is 0 Å². The van der Waals surface area contributed by atoms with Gasteiger partial charge in [-0.15, -0.1) is 0 Å². The topological polar surface area (TPSA) is 44.5 Å². The molecule has 3 atom stereocenters. The Kier molecular flexibility index (Phi) is 5.07. The van der Waals surface area contributed by atoms with Crippen LogP contribution in [0.15, 0.2) is 0 Å². The maximum Gasteiger partial charge on any atom is 0.0809 e. The summed E-state index contributed by atoms with van der Waals surface area (Å²) in [6.45, 7) is 3.43. The summed E-state index contributed by atoms with van der Waals surface area (Å²) in [6, 6.07) is 0. The van der Waals surface area contributed by atoms with Crippen molar-refractivity contribution in [1.29, 1.82) is 0 Å². The molecule has 0 amide bonds. The molecule has 2 N–H and O–H groups in total. The highest BCUT2D eigenvalue weighted by Gasteiger charge is 2.25. The number of ether oxygens (including phenoxy) is 2. The summed E-state index contributed by atoms with van der Waals surface area (Å²) in [5, 5.41) is 0.